The van der Waals surface area contributed by atoms with Gasteiger partial charge in [0.05, 0.1) is 6.04 Å². The van der Waals surface area contributed by atoms with E-state index in [1.165, 1.54) is 0 Å². The number of nitrogens with two attached hydrogens (primary N) is 1. The Labute approximate surface area is 113 Å². The Morgan fingerprint density at radius 1 is 1.37 bits per heavy atom. The fourth-order valence-electron chi connectivity index (χ4n) is 1.89. The summed E-state index contributed by atoms with van der Waals surface area (Å²) in [6.07, 6.45) is 1.40. The molecule has 19 heavy (non-hydrogen) atoms. The zero-order valence-corrected chi connectivity index (χ0v) is 11.1. The van der Waals surface area contributed by atoms with Crippen molar-refractivity contribution in [1.29, 1.82) is 0 Å². The number of hydrogen-bond donors (Lipinski definition) is 2. The van der Waals surface area contributed by atoms with E-state index in [1.807, 2.05) is 25.1 Å². The first-order valence-electron chi connectivity index (χ1n) is 6.62. The molecule has 5 heteroatoms. The molecule has 1 amide bonds. The van der Waals surface area contributed by atoms with Gasteiger partial charge in [0.15, 0.2) is 11.5 Å². The van der Waals surface area contributed by atoms with Gasteiger partial charge in [-0.05, 0) is 30.5 Å². The van der Waals surface area contributed by atoms with E-state index >= 15 is 0 Å². The fraction of sp³-hybridized carbons (Fsp3) is 0.500. The summed E-state index contributed by atoms with van der Waals surface area (Å²) < 4.78 is 11.0. The first kappa shape index (κ1) is 13.7. The molecular formula is C14H20N2O3. The standard InChI is InChI=1S/C14H20N2O3/c1-2-11(15)14(17)16-6-5-10-3-4-12-13(9-10)19-8-7-18-12/h3-4,9,11H,2,5-8,15H2,1H3,(H,16,17). The molecule has 1 aliphatic heterocycles. The summed E-state index contributed by atoms with van der Waals surface area (Å²) in [6, 6.07) is 5.43. The van der Waals surface area contributed by atoms with Crippen molar-refractivity contribution in [2.75, 3.05) is 19.8 Å². The Kier molecular flexibility index (Phi) is 4.63. The van der Waals surface area contributed by atoms with Crippen LogP contribution in [0.15, 0.2) is 18.2 Å². The van der Waals surface area contributed by atoms with Gasteiger partial charge in [-0.1, -0.05) is 13.0 Å². The maximum absolute atomic E-state index is 11.5. The molecule has 1 unspecified atom stereocenters. The predicted octanol–water partition coefficient (Wildman–Crippen LogP) is 0.854. The van der Waals surface area contributed by atoms with Crippen LogP contribution in [0.4, 0.5) is 0 Å². The number of fused-ring (bicyclic) bond motifs is 1. The van der Waals surface area contributed by atoms with Crippen molar-refractivity contribution in [3.63, 3.8) is 0 Å². The predicted molar refractivity (Wildman–Crippen MR) is 72.4 cm³/mol. The largest absolute Gasteiger partial charge is 0.486 e. The van der Waals surface area contributed by atoms with Crippen LogP contribution >= 0.6 is 0 Å². The van der Waals surface area contributed by atoms with Crippen molar-refractivity contribution < 1.29 is 14.3 Å². The fourth-order valence-corrected chi connectivity index (χ4v) is 1.89. The van der Waals surface area contributed by atoms with E-state index in [9.17, 15) is 4.79 Å². The second-order valence-electron chi connectivity index (χ2n) is 4.53. The Balaban J connectivity index is 1.85. The van der Waals surface area contributed by atoms with Gasteiger partial charge in [0.2, 0.25) is 5.91 Å². The van der Waals surface area contributed by atoms with E-state index in [-0.39, 0.29) is 5.91 Å². The topological polar surface area (TPSA) is 73.6 Å². The summed E-state index contributed by atoms with van der Waals surface area (Å²) in [4.78, 5) is 11.5. The number of benzene rings is 1. The summed E-state index contributed by atoms with van der Waals surface area (Å²) in [6.45, 7) is 3.65. The molecule has 1 aliphatic rings. The minimum atomic E-state index is -0.416. The highest BCUT2D eigenvalue weighted by atomic mass is 16.6. The highest BCUT2D eigenvalue weighted by molar-refractivity contribution is 5.81. The van der Waals surface area contributed by atoms with Crippen LogP contribution < -0.4 is 20.5 Å². The number of hydrogen-bond acceptors (Lipinski definition) is 4. The first-order chi connectivity index (χ1) is 9.20. The third-order valence-electron chi connectivity index (χ3n) is 3.10. The number of rotatable bonds is 5. The number of nitrogens with one attached hydrogen (secondary N) is 1. The molecule has 5 nitrogen and oxygen atoms in total. The van der Waals surface area contributed by atoms with Gasteiger partial charge in [-0.3, -0.25) is 4.79 Å². The van der Waals surface area contributed by atoms with Gasteiger partial charge >= 0.3 is 0 Å². The van der Waals surface area contributed by atoms with Crippen LogP contribution in [-0.2, 0) is 11.2 Å². The number of amides is 1. The summed E-state index contributed by atoms with van der Waals surface area (Å²) in [5, 5.41) is 2.83. The van der Waals surface area contributed by atoms with Gasteiger partial charge in [-0.2, -0.15) is 0 Å². The maximum Gasteiger partial charge on any atom is 0.236 e. The van der Waals surface area contributed by atoms with Crippen LogP contribution in [0, 0.1) is 0 Å². The maximum atomic E-state index is 11.5. The lowest BCUT2D eigenvalue weighted by Crippen LogP contribution is -2.40. The van der Waals surface area contributed by atoms with E-state index in [2.05, 4.69) is 5.32 Å². The number of ether oxygens (including phenoxy) is 2. The van der Waals surface area contributed by atoms with Crippen molar-refractivity contribution in [2.45, 2.75) is 25.8 Å². The molecule has 1 aromatic carbocycles. The van der Waals surface area contributed by atoms with E-state index < -0.39 is 6.04 Å². The smallest absolute Gasteiger partial charge is 0.236 e. The van der Waals surface area contributed by atoms with Gasteiger partial charge < -0.3 is 20.5 Å². The van der Waals surface area contributed by atoms with Crippen LogP contribution in [0.5, 0.6) is 11.5 Å². The van der Waals surface area contributed by atoms with Crippen LogP contribution in [0.25, 0.3) is 0 Å². The van der Waals surface area contributed by atoms with Gasteiger partial charge in [0.25, 0.3) is 0 Å². The molecule has 104 valence electrons. The van der Waals surface area contributed by atoms with Gasteiger partial charge in [0, 0.05) is 6.54 Å². The third kappa shape index (κ3) is 3.61. The normalized spacial score (nSPS) is 14.8. The Hall–Kier alpha value is -1.75. The molecule has 1 heterocycles. The van der Waals surface area contributed by atoms with Crippen molar-refractivity contribution in [1.82, 2.24) is 5.32 Å². The van der Waals surface area contributed by atoms with Crippen LogP contribution in [-0.4, -0.2) is 31.7 Å². The van der Waals surface area contributed by atoms with Crippen LogP contribution in [0.2, 0.25) is 0 Å². The quantitative estimate of drug-likeness (QED) is 0.827. The molecule has 0 aromatic heterocycles. The molecule has 0 saturated heterocycles. The molecule has 0 radical (unpaired) electrons. The molecule has 0 aliphatic carbocycles. The van der Waals surface area contributed by atoms with E-state index in [0.29, 0.717) is 26.2 Å². The highest BCUT2D eigenvalue weighted by Gasteiger charge is 2.12. The highest BCUT2D eigenvalue weighted by Crippen LogP contribution is 2.30. The van der Waals surface area contributed by atoms with Gasteiger partial charge in [0.1, 0.15) is 13.2 Å². The van der Waals surface area contributed by atoms with Gasteiger partial charge in [-0.25, -0.2) is 0 Å². The SMILES string of the molecule is CCC(N)C(=O)NCCc1ccc2c(c1)OCCO2. The summed E-state index contributed by atoms with van der Waals surface area (Å²) in [5.41, 5.74) is 6.74. The Bertz CT molecular complexity index is 448. The van der Waals surface area contributed by atoms with Crippen molar-refractivity contribution >= 4 is 5.91 Å². The van der Waals surface area contributed by atoms with Crippen LogP contribution in [0.3, 0.4) is 0 Å². The summed E-state index contributed by atoms with van der Waals surface area (Å²) in [7, 11) is 0. The molecule has 0 bridgehead atoms. The zero-order chi connectivity index (χ0) is 13.7. The molecular weight excluding hydrogens is 244 g/mol. The molecule has 2 rings (SSSR count). The lowest BCUT2D eigenvalue weighted by atomic mass is 10.1. The molecule has 0 fully saturated rings. The molecule has 0 saturated carbocycles. The monoisotopic (exact) mass is 264 g/mol. The van der Waals surface area contributed by atoms with Crippen molar-refractivity contribution in [3.8, 4) is 11.5 Å². The molecule has 3 N–H and O–H groups in total. The second-order valence-corrected chi connectivity index (χ2v) is 4.53. The zero-order valence-electron chi connectivity index (χ0n) is 11.1. The average molecular weight is 264 g/mol. The van der Waals surface area contributed by atoms with E-state index in [0.717, 1.165) is 23.5 Å². The molecule has 1 aromatic rings. The van der Waals surface area contributed by atoms with Crippen LogP contribution in [0.1, 0.15) is 18.9 Å². The molecule has 0 spiro atoms. The molecule has 1 atom stereocenters. The lowest BCUT2D eigenvalue weighted by molar-refractivity contribution is -0.122. The average Bonchev–Trinajstić information content (AvgIpc) is 2.46. The van der Waals surface area contributed by atoms with E-state index in [4.69, 9.17) is 15.2 Å². The summed E-state index contributed by atoms with van der Waals surface area (Å²) >= 11 is 0. The third-order valence-corrected chi connectivity index (χ3v) is 3.10. The Morgan fingerprint density at radius 3 is 2.84 bits per heavy atom. The van der Waals surface area contributed by atoms with E-state index in [1.54, 1.807) is 0 Å². The summed E-state index contributed by atoms with van der Waals surface area (Å²) in [5.74, 6) is 1.47. The lowest BCUT2D eigenvalue weighted by Gasteiger charge is -2.19. The number of carbonyl (C=O) groups excluding carboxylic acids is 1. The minimum absolute atomic E-state index is 0.0972. The Morgan fingerprint density at radius 2 is 2.11 bits per heavy atom. The first-order valence-corrected chi connectivity index (χ1v) is 6.62. The van der Waals surface area contributed by atoms with Crippen molar-refractivity contribution in [2.24, 2.45) is 5.73 Å². The minimum Gasteiger partial charge on any atom is -0.486 e. The number of carbonyl (C=O) groups is 1. The second kappa shape index (κ2) is 6.43. The van der Waals surface area contributed by atoms with Gasteiger partial charge in [-0.15, -0.1) is 0 Å². The van der Waals surface area contributed by atoms with Crippen molar-refractivity contribution in [3.05, 3.63) is 23.8 Å².